The van der Waals surface area contributed by atoms with Gasteiger partial charge in [-0.05, 0) is 33.8 Å². The van der Waals surface area contributed by atoms with Gasteiger partial charge in [-0.2, -0.15) is 5.10 Å². The molecule has 19 heavy (non-hydrogen) atoms. The summed E-state index contributed by atoms with van der Waals surface area (Å²) in [6.45, 7) is 7.34. The molecule has 100 valence electrons. The Balaban J connectivity index is 2.69. The Morgan fingerprint density at radius 2 is 2.05 bits per heavy atom. The monoisotopic (exact) mass is 261 g/mol. The SMILES string of the molecule is Cc1ncc(-c2c(C)c(C=O)nn2C(C)C)cc1F. The Morgan fingerprint density at radius 1 is 1.37 bits per heavy atom. The standard InChI is InChI=1S/C14H16FN3O/c1-8(2)18-14(9(3)13(7-19)17-18)11-5-12(15)10(4)16-6-11/h5-8H,1-4H3. The molecule has 0 amide bonds. The van der Waals surface area contributed by atoms with Crippen LogP contribution in [0.2, 0.25) is 0 Å². The number of hydrogen-bond acceptors (Lipinski definition) is 3. The van der Waals surface area contributed by atoms with E-state index in [1.165, 1.54) is 6.07 Å². The van der Waals surface area contributed by atoms with Crippen LogP contribution in [0.3, 0.4) is 0 Å². The molecule has 0 N–H and O–H groups in total. The summed E-state index contributed by atoms with van der Waals surface area (Å²) in [5.41, 5.74) is 2.85. The molecule has 0 aromatic carbocycles. The van der Waals surface area contributed by atoms with Gasteiger partial charge in [0.05, 0.1) is 11.4 Å². The van der Waals surface area contributed by atoms with Crippen LogP contribution in [0.15, 0.2) is 12.3 Å². The maximum absolute atomic E-state index is 13.7. The highest BCUT2D eigenvalue weighted by molar-refractivity contribution is 5.79. The zero-order chi connectivity index (χ0) is 14.2. The maximum Gasteiger partial charge on any atom is 0.170 e. The first-order chi connectivity index (χ1) is 8.95. The third-order valence-electron chi connectivity index (χ3n) is 3.08. The van der Waals surface area contributed by atoms with Crippen molar-refractivity contribution >= 4 is 6.29 Å². The van der Waals surface area contributed by atoms with Crippen molar-refractivity contribution in [3.63, 3.8) is 0 Å². The molecule has 0 spiro atoms. The second kappa shape index (κ2) is 4.91. The summed E-state index contributed by atoms with van der Waals surface area (Å²) in [7, 11) is 0. The van der Waals surface area contributed by atoms with E-state index >= 15 is 0 Å². The number of aromatic nitrogens is 3. The second-order valence-electron chi connectivity index (χ2n) is 4.81. The predicted octanol–water partition coefficient (Wildman–Crippen LogP) is 3.09. The molecule has 0 radical (unpaired) electrons. The van der Waals surface area contributed by atoms with E-state index < -0.39 is 0 Å². The van der Waals surface area contributed by atoms with Crippen LogP contribution in [0, 0.1) is 19.7 Å². The van der Waals surface area contributed by atoms with Crippen LogP contribution < -0.4 is 0 Å². The molecule has 0 atom stereocenters. The number of pyridine rings is 1. The molecule has 5 heteroatoms. The van der Waals surface area contributed by atoms with Crippen molar-refractivity contribution in [1.82, 2.24) is 14.8 Å². The van der Waals surface area contributed by atoms with Gasteiger partial charge in [-0.25, -0.2) is 4.39 Å². The lowest BCUT2D eigenvalue weighted by atomic mass is 10.1. The van der Waals surface area contributed by atoms with Gasteiger partial charge in [0.25, 0.3) is 0 Å². The minimum Gasteiger partial charge on any atom is -0.296 e. The molecule has 0 bridgehead atoms. The molecule has 0 aliphatic heterocycles. The fourth-order valence-electron chi connectivity index (χ4n) is 2.00. The van der Waals surface area contributed by atoms with E-state index in [0.717, 1.165) is 17.5 Å². The Kier molecular flexibility index (Phi) is 3.46. The van der Waals surface area contributed by atoms with Crippen LogP contribution in [0.1, 0.15) is 41.6 Å². The number of aryl methyl sites for hydroxylation is 1. The van der Waals surface area contributed by atoms with Crippen molar-refractivity contribution in [2.75, 3.05) is 0 Å². The van der Waals surface area contributed by atoms with Crippen LogP contribution in [0.4, 0.5) is 4.39 Å². The molecule has 4 nitrogen and oxygen atoms in total. The second-order valence-corrected chi connectivity index (χ2v) is 4.81. The Morgan fingerprint density at radius 3 is 2.58 bits per heavy atom. The largest absolute Gasteiger partial charge is 0.296 e. The third kappa shape index (κ3) is 2.28. The molecule has 0 unspecified atom stereocenters. The number of rotatable bonds is 3. The van der Waals surface area contributed by atoms with E-state index in [1.54, 1.807) is 17.8 Å². The third-order valence-corrected chi connectivity index (χ3v) is 3.08. The molecular formula is C14H16FN3O. The lowest BCUT2D eigenvalue weighted by molar-refractivity contribution is 0.111. The molecule has 2 aromatic rings. The number of nitrogens with zero attached hydrogens (tertiary/aromatic N) is 3. The minimum absolute atomic E-state index is 0.0757. The molecule has 0 saturated heterocycles. The highest BCUT2D eigenvalue weighted by Gasteiger charge is 2.18. The van der Waals surface area contributed by atoms with Crippen molar-refractivity contribution in [3.8, 4) is 11.3 Å². The normalized spacial score (nSPS) is 11.1. The number of carbonyl (C=O) groups excluding carboxylic acids is 1. The summed E-state index contributed by atoms with van der Waals surface area (Å²) in [5.74, 6) is -0.360. The quantitative estimate of drug-likeness (QED) is 0.798. The van der Waals surface area contributed by atoms with E-state index in [-0.39, 0.29) is 11.9 Å². The van der Waals surface area contributed by atoms with E-state index in [1.807, 2.05) is 20.8 Å². The van der Waals surface area contributed by atoms with Crippen LogP contribution in [0.5, 0.6) is 0 Å². The Bertz CT molecular complexity index is 632. The van der Waals surface area contributed by atoms with Crippen LogP contribution in [-0.2, 0) is 0 Å². The fraction of sp³-hybridized carbons (Fsp3) is 0.357. The summed E-state index contributed by atoms with van der Waals surface area (Å²) in [6, 6.07) is 1.51. The molecular weight excluding hydrogens is 245 g/mol. The summed E-state index contributed by atoms with van der Waals surface area (Å²) in [6.07, 6.45) is 2.32. The fourth-order valence-corrected chi connectivity index (χ4v) is 2.00. The molecule has 2 rings (SSSR count). The average Bonchev–Trinajstić information content (AvgIpc) is 2.70. The maximum atomic E-state index is 13.7. The predicted molar refractivity (Wildman–Crippen MR) is 70.7 cm³/mol. The topological polar surface area (TPSA) is 47.8 Å². The van der Waals surface area contributed by atoms with Crippen LogP contribution in [0.25, 0.3) is 11.3 Å². The number of hydrogen-bond donors (Lipinski definition) is 0. The number of halogens is 1. The lowest BCUT2D eigenvalue weighted by Crippen LogP contribution is -2.06. The van der Waals surface area contributed by atoms with Crippen LogP contribution in [-0.4, -0.2) is 21.1 Å². The first kappa shape index (κ1) is 13.4. The van der Waals surface area contributed by atoms with Gasteiger partial charge in [0.15, 0.2) is 6.29 Å². The minimum atomic E-state index is -0.360. The van der Waals surface area contributed by atoms with Gasteiger partial charge in [-0.3, -0.25) is 14.5 Å². The molecule has 0 aliphatic carbocycles. The molecule has 2 heterocycles. The Hall–Kier alpha value is -2.04. The zero-order valence-electron chi connectivity index (χ0n) is 11.4. The molecule has 2 aromatic heterocycles. The zero-order valence-corrected chi connectivity index (χ0v) is 11.4. The van der Waals surface area contributed by atoms with Gasteiger partial charge in [-0.1, -0.05) is 0 Å². The van der Waals surface area contributed by atoms with E-state index in [9.17, 15) is 9.18 Å². The van der Waals surface area contributed by atoms with Crippen molar-refractivity contribution in [2.45, 2.75) is 33.7 Å². The van der Waals surface area contributed by atoms with E-state index in [0.29, 0.717) is 17.0 Å². The van der Waals surface area contributed by atoms with Gasteiger partial charge in [0.2, 0.25) is 0 Å². The van der Waals surface area contributed by atoms with E-state index in [4.69, 9.17) is 0 Å². The Labute approximate surface area is 111 Å². The molecule has 0 aliphatic rings. The molecule has 0 fully saturated rings. The van der Waals surface area contributed by atoms with Gasteiger partial charge < -0.3 is 0 Å². The summed E-state index contributed by atoms with van der Waals surface area (Å²) in [5, 5.41) is 4.25. The van der Waals surface area contributed by atoms with E-state index in [2.05, 4.69) is 10.1 Å². The van der Waals surface area contributed by atoms with Crippen molar-refractivity contribution < 1.29 is 9.18 Å². The van der Waals surface area contributed by atoms with Crippen molar-refractivity contribution in [2.24, 2.45) is 0 Å². The summed E-state index contributed by atoms with van der Waals surface area (Å²) < 4.78 is 15.4. The van der Waals surface area contributed by atoms with Gasteiger partial charge >= 0.3 is 0 Å². The highest BCUT2D eigenvalue weighted by Crippen LogP contribution is 2.28. The summed E-state index contributed by atoms with van der Waals surface area (Å²) >= 11 is 0. The highest BCUT2D eigenvalue weighted by atomic mass is 19.1. The van der Waals surface area contributed by atoms with Gasteiger partial charge in [-0.15, -0.1) is 0 Å². The van der Waals surface area contributed by atoms with Crippen molar-refractivity contribution in [1.29, 1.82) is 0 Å². The first-order valence-electron chi connectivity index (χ1n) is 6.12. The average molecular weight is 261 g/mol. The number of carbonyl (C=O) groups is 1. The smallest absolute Gasteiger partial charge is 0.170 e. The first-order valence-corrected chi connectivity index (χ1v) is 6.12. The van der Waals surface area contributed by atoms with Gasteiger partial charge in [0.1, 0.15) is 11.5 Å². The molecule has 0 saturated carbocycles. The van der Waals surface area contributed by atoms with Crippen molar-refractivity contribution in [3.05, 3.63) is 35.0 Å². The lowest BCUT2D eigenvalue weighted by Gasteiger charge is -2.12. The van der Waals surface area contributed by atoms with Gasteiger partial charge in [0, 0.05) is 23.4 Å². The number of aldehydes is 1. The summed E-state index contributed by atoms with van der Waals surface area (Å²) in [4.78, 5) is 15.0. The van der Waals surface area contributed by atoms with Crippen LogP contribution >= 0.6 is 0 Å².